The van der Waals surface area contributed by atoms with E-state index in [1.807, 2.05) is 6.92 Å². The number of carboxylic acids is 1. The molecule has 0 saturated heterocycles. The summed E-state index contributed by atoms with van der Waals surface area (Å²) in [6.45, 7) is 2.10. The van der Waals surface area contributed by atoms with Gasteiger partial charge in [-0.3, -0.25) is 9.59 Å². The van der Waals surface area contributed by atoms with Crippen LogP contribution in [0.5, 0.6) is 0 Å². The van der Waals surface area contributed by atoms with Gasteiger partial charge >= 0.3 is 5.97 Å². The van der Waals surface area contributed by atoms with Crippen LogP contribution in [0.1, 0.15) is 48.2 Å². The molecule has 0 fully saturated rings. The van der Waals surface area contributed by atoms with E-state index >= 15 is 0 Å². The van der Waals surface area contributed by atoms with Gasteiger partial charge in [-0.15, -0.1) is 0 Å². The molecule has 0 saturated carbocycles. The molecule has 1 atom stereocenters. The van der Waals surface area contributed by atoms with Crippen LogP contribution in [-0.4, -0.2) is 28.6 Å². The second-order valence-electron chi connectivity index (χ2n) is 4.33. The lowest BCUT2D eigenvalue weighted by molar-refractivity contribution is -0.136. The lowest BCUT2D eigenvalue weighted by Gasteiger charge is -2.10. The number of benzene rings is 1. The van der Waals surface area contributed by atoms with Crippen molar-refractivity contribution >= 4 is 11.9 Å². The molecule has 0 unspecified atom stereocenters. The molecular formula is C14H19NO4. The maximum Gasteiger partial charge on any atom is 0.305 e. The molecule has 1 aromatic carbocycles. The van der Waals surface area contributed by atoms with Crippen molar-refractivity contribution in [2.75, 3.05) is 6.54 Å². The summed E-state index contributed by atoms with van der Waals surface area (Å²) in [5, 5.41) is 20.8. The Bertz CT molecular complexity index is 428. The Morgan fingerprint density at radius 1 is 1.26 bits per heavy atom. The summed E-state index contributed by atoms with van der Waals surface area (Å²) in [7, 11) is 0. The summed E-state index contributed by atoms with van der Waals surface area (Å²) < 4.78 is 0. The molecule has 1 aromatic rings. The molecule has 0 aliphatic rings. The van der Waals surface area contributed by atoms with Crippen LogP contribution in [0.2, 0.25) is 0 Å². The normalized spacial score (nSPS) is 11.9. The van der Waals surface area contributed by atoms with Gasteiger partial charge in [0.05, 0.1) is 12.5 Å². The molecule has 104 valence electrons. The number of nitrogens with one attached hydrogen (secondary N) is 1. The number of hydrogen-bond acceptors (Lipinski definition) is 3. The van der Waals surface area contributed by atoms with E-state index in [1.165, 1.54) is 0 Å². The van der Waals surface area contributed by atoms with Crippen LogP contribution in [0.3, 0.4) is 0 Å². The summed E-state index contributed by atoms with van der Waals surface area (Å²) in [5.74, 6) is -1.25. The number of carbonyl (C=O) groups is 2. The van der Waals surface area contributed by atoms with Gasteiger partial charge in [-0.25, -0.2) is 0 Å². The van der Waals surface area contributed by atoms with E-state index in [9.17, 15) is 14.7 Å². The lowest BCUT2D eigenvalue weighted by atomic mass is 10.0. The highest BCUT2D eigenvalue weighted by Gasteiger charge is 2.09. The minimum Gasteiger partial charge on any atom is -0.481 e. The molecule has 0 bridgehead atoms. The average Bonchev–Trinajstić information content (AvgIpc) is 2.38. The number of aliphatic hydroxyl groups is 1. The van der Waals surface area contributed by atoms with Crippen LogP contribution >= 0.6 is 0 Å². The predicted octanol–water partition coefficient (Wildman–Crippen LogP) is 1.72. The maximum atomic E-state index is 11.7. The van der Waals surface area contributed by atoms with Crippen LogP contribution < -0.4 is 5.32 Å². The number of aliphatic hydroxyl groups excluding tert-OH is 1. The first-order chi connectivity index (χ1) is 9.04. The number of amides is 1. The molecule has 5 heteroatoms. The molecule has 0 radical (unpaired) electrons. The molecule has 0 aliphatic carbocycles. The molecule has 3 N–H and O–H groups in total. The number of hydrogen-bond donors (Lipinski definition) is 3. The van der Waals surface area contributed by atoms with E-state index in [1.54, 1.807) is 24.3 Å². The smallest absolute Gasteiger partial charge is 0.305 e. The van der Waals surface area contributed by atoms with Crippen molar-refractivity contribution in [3.8, 4) is 0 Å². The van der Waals surface area contributed by atoms with Crippen LogP contribution in [0.4, 0.5) is 0 Å². The number of carboxylic acid groups (broad SMARTS) is 1. The highest BCUT2D eigenvalue weighted by Crippen LogP contribution is 2.18. The van der Waals surface area contributed by atoms with Crippen LogP contribution in [0, 0.1) is 0 Å². The molecule has 19 heavy (non-hydrogen) atoms. The first kappa shape index (κ1) is 15.2. The summed E-state index contributed by atoms with van der Waals surface area (Å²) in [6.07, 6.45) is 0.969. The standard InChI is InChI=1S/C14H19NO4/c1-2-3-12(16)10-4-6-11(7-5-10)14(19)15-9-8-13(17)18/h4-7,12,16H,2-3,8-9H2,1H3,(H,15,19)(H,17,18)/t12-/m1/s1. The Balaban J connectivity index is 2.55. The van der Waals surface area contributed by atoms with Crippen LogP contribution in [0.25, 0.3) is 0 Å². The van der Waals surface area contributed by atoms with Gasteiger partial charge in [-0.1, -0.05) is 25.5 Å². The summed E-state index contributed by atoms with van der Waals surface area (Å²) >= 11 is 0. The maximum absolute atomic E-state index is 11.7. The summed E-state index contributed by atoms with van der Waals surface area (Å²) in [5.41, 5.74) is 1.24. The van der Waals surface area contributed by atoms with Crippen molar-refractivity contribution in [1.29, 1.82) is 0 Å². The van der Waals surface area contributed by atoms with E-state index in [4.69, 9.17) is 5.11 Å². The van der Waals surface area contributed by atoms with Crippen molar-refractivity contribution in [3.05, 3.63) is 35.4 Å². The zero-order valence-electron chi connectivity index (χ0n) is 10.9. The van der Waals surface area contributed by atoms with Gasteiger partial charge < -0.3 is 15.5 Å². The average molecular weight is 265 g/mol. The Hall–Kier alpha value is -1.88. The van der Waals surface area contributed by atoms with Crippen LogP contribution in [0.15, 0.2) is 24.3 Å². The number of carbonyl (C=O) groups excluding carboxylic acids is 1. The van der Waals surface area contributed by atoms with Gasteiger partial charge in [0.2, 0.25) is 0 Å². The van der Waals surface area contributed by atoms with Gasteiger partial charge in [0, 0.05) is 12.1 Å². The first-order valence-corrected chi connectivity index (χ1v) is 6.32. The molecule has 0 aliphatic heterocycles. The summed E-state index contributed by atoms with van der Waals surface area (Å²) in [4.78, 5) is 22.0. The van der Waals surface area contributed by atoms with Gasteiger partial charge in [0.1, 0.15) is 0 Å². The van der Waals surface area contributed by atoms with Gasteiger partial charge in [0.25, 0.3) is 5.91 Å². The van der Waals surface area contributed by atoms with Crippen molar-refractivity contribution < 1.29 is 19.8 Å². The van der Waals surface area contributed by atoms with Gasteiger partial charge in [0.15, 0.2) is 0 Å². The van der Waals surface area contributed by atoms with Gasteiger partial charge in [-0.2, -0.15) is 0 Å². The molecule has 0 heterocycles. The first-order valence-electron chi connectivity index (χ1n) is 6.32. The van der Waals surface area contributed by atoms with Crippen molar-refractivity contribution in [2.45, 2.75) is 32.3 Å². The van der Waals surface area contributed by atoms with Crippen LogP contribution in [-0.2, 0) is 4.79 Å². The summed E-state index contributed by atoms with van der Waals surface area (Å²) in [6, 6.07) is 6.69. The molecular weight excluding hydrogens is 246 g/mol. The quantitative estimate of drug-likeness (QED) is 0.700. The largest absolute Gasteiger partial charge is 0.481 e. The topological polar surface area (TPSA) is 86.6 Å². The Morgan fingerprint density at radius 2 is 1.89 bits per heavy atom. The highest BCUT2D eigenvalue weighted by atomic mass is 16.4. The molecule has 0 aromatic heterocycles. The molecule has 0 spiro atoms. The third-order valence-corrected chi connectivity index (χ3v) is 2.74. The van der Waals surface area contributed by atoms with Crippen molar-refractivity contribution in [3.63, 3.8) is 0 Å². The lowest BCUT2D eigenvalue weighted by Crippen LogP contribution is -2.25. The fraction of sp³-hybridized carbons (Fsp3) is 0.429. The zero-order chi connectivity index (χ0) is 14.3. The van der Waals surface area contributed by atoms with E-state index in [2.05, 4.69) is 5.32 Å². The molecule has 1 amide bonds. The minimum atomic E-state index is -0.946. The van der Waals surface area contributed by atoms with E-state index in [-0.39, 0.29) is 18.9 Å². The predicted molar refractivity (Wildman–Crippen MR) is 70.9 cm³/mol. The Morgan fingerprint density at radius 3 is 2.42 bits per heavy atom. The van der Waals surface area contributed by atoms with Crippen molar-refractivity contribution in [2.24, 2.45) is 0 Å². The third-order valence-electron chi connectivity index (χ3n) is 2.74. The fourth-order valence-corrected chi connectivity index (χ4v) is 1.68. The molecule has 5 nitrogen and oxygen atoms in total. The van der Waals surface area contributed by atoms with Crippen molar-refractivity contribution in [1.82, 2.24) is 5.32 Å². The van der Waals surface area contributed by atoms with E-state index in [0.717, 1.165) is 12.0 Å². The monoisotopic (exact) mass is 265 g/mol. The third kappa shape index (κ3) is 5.09. The van der Waals surface area contributed by atoms with E-state index < -0.39 is 12.1 Å². The number of rotatable bonds is 7. The molecule has 1 rings (SSSR count). The second kappa shape index (κ2) is 7.53. The van der Waals surface area contributed by atoms with Gasteiger partial charge in [-0.05, 0) is 24.1 Å². The fourth-order valence-electron chi connectivity index (χ4n) is 1.68. The Labute approximate surface area is 112 Å². The second-order valence-corrected chi connectivity index (χ2v) is 4.33. The van der Waals surface area contributed by atoms with E-state index in [0.29, 0.717) is 12.0 Å². The minimum absolute atomic E-state index is 0.0982. The highest BCUT2D eigenvalue weighted by molar-refractivity contribution is 5.94. The SMILES string of the molecule is CCC[C@@H](O)c1ccc(C(=O)NCCC(=O)O)cc1. The zero-order valence-corrected chi connectivity index (χ0v) is 10.9. The number of aliphatic carboxylic acids is 1. The Kier molecular flexibility index (Phi) is 6.02.